The lowest BCUT2D eigenvalue weighted by Gasteiger charge is -2.10. The van der Waals surface area contributed by atoms with Gasteiger partial charge in [-0.1, -0.05) is 23.7 Å². The molecule has 0 unspecified atom stereocenters. The Kier molecular flexibility index (Phi) is 4.64. The number of anilines is 1. The third-order valence-electron chi connectivity index (χ3n) is 4.34. The van der Waals surface area contributed by atoms with E-state index in [1.807, 2.05) is 36.6 Å². The Morgan fingerprint density at radius 1 is 1.16 bits per heavy atom. The van der Waals surface area contributed by atoms with Crippen LogP contribution in [0.15, 0.2) is 42.5 Å². The zero-order chi connectivity index (χ0) is 18.1. The van der Waals surface area contributed by atoms with Gasteiger partial charge in [0.25, 0.3) is 5.91 Å². The summed E-state index contributed by atoms with van der Waals surface area (Å²) < 4.78 is 1.98. The molecule has 1 amide bonds. The van der Waals surface area contributed by atoms with E-state index in [2.05, 4.69) is 5.32 Å². The summed E-state index contributed by atoms with van der Waals surface area (Å²) in [7, 11) is 0. The Morgan fingerprint density at radius 3 is 2.60 bits per heavy atom. The first kappa shape index (κ1) is 17.2. The molecule has 0 aliphatic heterocycles. The van der Waals surface area contributed by atoms with Crippen LogP contribution in [0.1, 0.15) is 40.3 Å². The van der Waals surface area contributed by atoms with Crippen LogP contribution in [0.3, 0.4) is 0 Å². The Balaban J connectivity index is 2.04. The zero-order valence-corrected chi connectivity index (χ0v) is 15.1. The zero-order valence-electron chi connectivity index (χ0n) is 14.4. The molecule has 0 spiro atoms. The topological polar surface area (TPSA) is 51.1 Å². The fraction of sp³-hybridized carbons (Fsp3) is 0.200. The lowest BCUT2D eigenvalue weighted by atomic mass is 10.1. The molecule has 2 aromatic carbocycles. The van der Waals surface area contributed by atoms with Crippen LogP contribution < -0.4 is 5.32 Å². The quantitative estimate of drug-likeness (QED) is 0.664. The maximum atomic E-state index is 12.9. The average Bonchev–Trinajstić information content (AvgIpc) is 2.86. The molecule has 1 aromatic heterocycles. The van der Waals surface area contributed by atoms with Crippen molar-refractivity contribution >= 4 is 39.9 Å². The Morgan fingerprint density at radius 2 is 1.92 bits per heavy atom. The first-order chi connectivity index (χ1) is 11.9. The number of nitrogens with zero attached hydrogens (tertiary/aromatic N) is 1. The number of halogens is 1. The smallest absolute Gasteiger partial charge is 0.272 e. The summed E-state index contributed by atoms with van der Waals surface area (Å²) in [6.45, 7) is 6.10. The highest BCUT2D eigenvalue weighted by Gasteiger charge is 2.20. The van der Waals surface area contributed by atoms with E-state index in [9.17, 15) is 9.59 Å². The van der Waals surface area contributed by atoms with Gasteiger partial charge in [-0.05, 0) is 56.7 Å². The van der Waals surface area contributed by atoms with Crippen LogP contribution in [-0.2, 0) is 6.54 Å². The van der Waals surface area contributed by atoms with Crippen molar-refractivity contribution in [2.75, 3.05) is 5.32 Å². The lowest BCUT2D eigenvalue weighted by Crippen LogP contribution is -2.18. The number of rotatable bonds is 4. The molecule has 0 aliphatic rings. The number of Topliss-reactive ketones (excluding diaryl/α,β-unsaturated/α-hetero) is 1. The van der Waals surface area contributed by atoms with Gasteiger partial charge in [-0.25, -0.2) is 0 Å². The lowest BCUT2D eigenvalue weighted by molar-refractivity contribution is 0.100. The average molecular weight is 355 g/mol. The summed E-state index contributed by atoms with van der Waals surface area (Å²) in [5, 5.41) is 4.51. The number of carbonyl (C=O) groups excluding carboxylic acids is 2. The summed E-state index contributed by atoms with van der Waals surface area (Å²) in [6.07, 6.45) is 0. The second kappa shape index (κ2) is 6.73. The number of amides is 1. The predicted octanol–water partition coefficient (Wildman–Crippen LogP) is 5.08. The van der Waals surface area contributed by atoms with Crippen molar-refractivity contribution in [3.8, 4) is 0 Å². The van der Waals surface area contributed by atoms with Crippen molar-refractivity contribution < 1.29 is 9.59 Å². The van der Waals surface area contributed by atoms with Crippen molar-refractivity contribution in [2.45, 2.75) is 27.3 Å². The monoisotopic (exact) mass is 354 g/mol. The van der Waals surface area contributed by atoms with Gasteiger partial charge >= 0.3 is 0 Å². The number of hydrogen-bond acceptors (Lipinski definition) is 2. The van der Waals surface area contributed by atoms with E-state index in [0.717, 1.165) is 16.5 Å². The Bertz CT molecular complexity index is 989. The minimum atomic E-state index is -0.202. The molecule has 3 aromatic rings. The standard InChI is InChI=1S/C20H19ClN2O2/c1-4-23-18-9-8-15(21)11-17(18)12(2)19(23)20(25)22-16-7-5-6-14(10-16)13(3)24/h5-11H,4H2,1-3H3,(H,22,25). The van der Waals surface area contributed by atoms with Crippen molar-refractivity contribution in [3.05, 3.63) is 64.3 Å². The first-order valence-electron chi connectivity index (χ1n) is 8.13. The SMILES string of the molecule is CCn1c(C(=O)Nc2cccc(C(C)=O)c2)c(C)c2cc(Cl)ccc21. The molecule has 1 N–H and O–H groups in total. The third kappa shape index (κ3) is 3.17. The molecule has 0 bridgehead atoms. The molecule has 0 aliphatic carbocycles. The number of ketones is 1. The second-order valence-electron chi connectivity index (χ2n) is 5.97. The molecule has 3 rings (SSSR count). The fourth-order valence-corrected chi connectivity index (χ4v) is 3.29. The number of carbonyl (C=O) groups is 2. The van der Waals surface area contributed by atoms with Crippen LogP contribution in [0.4, 0.5) is 5.69 Å². The number of fused-ring (bicyclic) bond motifs is 1. The van der Waals surface area contributed by atoms with Gasteiger partial charge in [-0.3, -0.25) is 9.59 Å². The molecule has 4 nitrogen and oxygen atoms in total. The third-order valence-corrected chi connectivity index (χ3v) is 4.57. The summed E-state index contributed by atoms with van der Waals surface area (Å²) in [5.41, 5.74) is 3.64. The van der Waals surface area contributed by atoms with E-state index in [-0.39, 0.29) is 11.7 Å². The van der Waals surface area contributed by atoms with Crippen LogP contribution >= 0.6 is 11.6 Å². The predicted molar refractivity (Wildman–Crippen MR) is 102 cm³/mol. The van der Waals surface area contributed by atoms with Gasteiger partial charge in [0.15, 0.2) is 5.78 Å². The number of benzene rings is 2. The fourth-order valence-electron chi connectivity index (χ4n) is 3.12. The Hall–Kier alpha value is -2.59. The van der Waals surface area contributed by atoms with E-state index in [4.69, 9.17) is 11.6 Å². The molecule has 1 heterocycles. The highest BCUT2D eigenvalue weighted by molar-refractivity contribution is 6.31. The molecule has 0 atom stereocenters. The minimum absolute atomic E-state index is 0.0374. The van der Waals surface area contributed by atoms with Crippen LogP contribution in [0.5, 0.6) is 0 Å². The normalized spacial score (nSPS) is 10.9. The van der Waals surface area contributed by atoms with E-state index >= 15 is 0 Å². The molecule has 25 heavy (non-hydrogen) atoms. The van der Waals surface area contributed by atoms with Crippen LogP contribution in [-0.4, -0.2) is 16.3 Å². The summed E-state index contributed by atoms with van der Waals surface area (Å²) in [6, 6.07) is 12.6. The highest BCUT2D eigenvalue weighted by Crippen LogP contribution is 2.29. The first-order valence-corrected chi connectivity index (χ1v) is 8.51. The maximum Gasteiger partial charge on any atom is 0.272 e. The molecule has 0 saturated carbocycles. The van der Waals surface area contributed by atoms with Gasteiger partial charge in [0.1, 0.15) is 5.69 Å². The molecular formula is C20H19ClN2O2. The molecule has 0 radical (unpaired) electrons. The largest absolute Gasteiger partial charge is 0.337 e. The maximum absolute atomic E-state index is 12.9. The van der Waals surface area contributed by atoms with Gasteiger partial charge < -0.3 is 9.88 Å². The van der Waals surface area contributed by atoms with E-state index in [1.54, 1.807) is 24.3 Å². The van der Waals surface area contributed by atoms with E-state index < -0.39 is 0 Å². The summed E-state index contributed by atoms with van der Waals surface area (Å²) in [5.74, 6) is -0.239. The van der Waals surface area contributed by atoms with Crippen molar-refractivity contribution in [1.82, 2.24) is 4.57 Å². The molecule has 5 heteroatoms. The van der Waals surface area contributed by atoms with Gasteiger partial charge in [0.2, 0.25) is 0 Å². The molecule has 0 saturated heterocycles. The number of aromatic nitrogens is 1. The van der Waals surface area contributed by atoms with Crippen LogP contribution in [0, 0.1) is 6.92 Å². The second-order valence-corrected chi connectivity index (χ2v) is 6.41. The van der Waals surface area contributed by atoms with Crippen LogP contribution in [0.25, 0.3) is 10.9 Å². The van der Waals surface area contributed by atoms with E-state index in [1.165, 1.54) is 6.92 Å². The van der Waals surface area contributed by atoms with Gasteiger partial charge in [0, 0.05) is 33.7 Å². The molecule has 128 valence electrons. The highest BCUT2D eigenvalue weighted by atomic mass is 35.5. The van der Waals surface area contributed by atoms with Crippen molar-refractivity contribution in [3.63, 3.8) is 0 Å². The number of hydrogen-bond donors (Lipinski definition) is 1. The van der Waals surface area contributed by atoms with Crippen LogP contribution in [0.2, 0.25) is 5.02 Å². The number of nitrogens with one attached hydrogen (secondary N) is 1. The van der Waals surface area contributed by atoms with Gasteiger partial charge in [-0.15, -0.1) is 0 Å². The summed E-state index contributed by atoms with van der Waals surface area (Å²) >= 11 is 6.11. The molecular weight excluding hydrogens is 336 g/mol. The minimum Gasteiger partial charge on any atom is -0.337 e. The van der Waals surface area contributed by atoms with Gasteiger partial charge in [-0.2, -0.15) is 0 Å². The van der Waals surface area contributed by atoms with Gasteiger partial charge in [0.05, 0.1) is 0 Å². The molecule has 0 fully saturated rings. The van der Waals surface area contributed by atoms with Crippen molar-refractivity contribution in [1.29, 1.82) is 0 Å². The van der Waals surface area contributed by atoms with Crippen molar-refractivity contribution in [2.24, 2.45) is 0 Å². The van der Waals surface area contributed by atoms with E-state index in [0.29, 0.717) is 28.5 Å². The summed E-state index contributed by atoms with van der Waals surface area (Å²) in [4.78, 5) is 24.4. The Labute approximate surface area is 151 Å². The number of aryl methyl sites for hydroxylation is 2.